The maximum absolute atomic E-state index is 13.6. The Hall–Kier alpha value is -2.80. The summed E-state index contributed by atoms with van der Waals surface area (Å²) in [4.78, 5) is 21.2. The third-order valence-corrected chi connectivity index (χ3v) is 4.81. The molecule has 1 N–H and O–H groups in total. The van der Waals surface area contributed by atoms with E-state index >= 15 is 0 Å². The molecule has 0 saturated carbocycles. The highest BCUT2D eigenvalue weighted by Crippen LogP contribution is 2.20. The van der Waals surface area contributed by atoms with Gasteiger partial charge in [-0.3, -0.25) is 9.78 Å². The van der Waals surface area contributed by atoms with Gasteiger partial charge in [-0.25, -0.2) is 9.37 Å². The molecule has 0 bridgehead atoms. The lowest BCUT2D eigenvalue weighted by Gasteiger charge is -2.05. The molecule has 2 aromatic heterocycles. The number of ether oxygens (including phenoxy) is 1. The molecule has 7 heteroatoms. The number of pyridine rings is 1. The van der Waals surface area contributed by atoms with Gasteiger partial charge < -0.3 is 10.1 Å². The minimum Gasteiger partial charge on any atom is -0.485 e. The number of hydrogen-bond acceptors (Lipinski definition) is 5. The number of carbonyl (C=O) groups excluding carboxylic acids is 1. The van der Waals surface area contributed by atoms with Crippen molar-refractivity contribution in [1.82, 2.24) is 15.3 Å². The fourth-order valence-corrected chi connectivity index (χ4v) is 3.29. The Morgan fingerprint density at radius 2 is 2.12 bits per heavy atom. The standard InChI is InChI=1S/C19H18FN3O2S/c1-13-18(19(24)22-10-8-14-5-2-3-7-16(14)20)26-17(23-13)12-25-15-6-4-9-21-11-15/h2-7,9,11H,8,10,12H2,1H3,(H,22,24). The fraction of sp³-hybridized carbons (Fsp3) is 0.211. The molecule has 1 aromatic carbocycles. The van der Waals surface area contributed by atoms with E-state index < -0.39 is 0 Å². The lowest BCUT2D eigenvalue weighted by Crippen LogP contribution is -2.25. The second kappa shape index (κ2) is 8.53. The van der Waals surface area contributed by atoms with E-state index in [1.54, 1.807) is 43.6 Å². The maximum Gasteiger partial charge on any atom is 0.263 e. The molecule has 3 rings (SSSR count). The van der Waals surface area contributed by atoms with Crippen LogP contribution in [0.2, 0.25) is 0 Å². The molecule has 0 atom stereocenters. The van der Waals surface area contributed by atoms with Crippen molar-refractivity contribution in [2.75, 3.05) is 6.54 Å². The largest absolute Gasteiger partial charge is 0.485 e. The average Bonchev–Trinajstić information content (AvgIpc) is 3.03. The summed E-state index contributed by atoms with van der Waals surface area (Å²) in [6, 6.07) is 10.2. The zero-order valence-corrected chi connectivity index (χ0v) is 15.1. The van der Waals surface area contributed by atoms with E-state index in [1.165, 1.54) is 17.4 Å². The first-order valence-electron chi connectivity index (χ1n) is 8.14. The van der Waals surface area contributed by atoms with Crippen LogP contribution >= 0.6 is 11.3 Å². The monoisotopic (exact) mass is 371 g/mol. The van der Waals surface area contributed by atoms with E-state index in [9.17, 15) is 9.18 Å². The van der Waals surface area contributed by atoms with Crippen LogP contribution in [0.5, 0.6) is 5.75 Å². The summed E-state index contributed by atoms with van der Waals surface area (Å²) in [6.45, 7) is 2.42. The van der Waals surface area contributed by atoms with Crippen LogP contribution in [0.15, 0.2) is 48.8 Å². The minimum absolute atomic E-state index is 0.205. The van der Waals surface area contributed by atoms with Gasteiger partial charge in [-0.05, 0) is 37.1 Å². The summed E-state index contributed by atoms with van der Waals surface area (Å²) in [5.74, 6) is 0.186. The maximum atomic E-state index is 13.6. The third-order valence-electron chi connectivity index (χ3n) is 3.68. The number of benzene rings is 1. The van der Waals surface area contributed by atoms with E-state index in [-0.39, 0.29) is 18.3 Å². The van der Waals surface area contributed by atoms with Gasteiger partial charge in [-0.15, -0.1) is 11.3 Å². The molecule has 0 saturated heterocycles. The van der Waals surface area contributed by atoms with Crippen LogP contribution < -0.4 is 10.1 Å². The van der Waals surface area contributed by atoms with Crippen molar-refractivity contribution in [3.8, 4) is 5.75 Å². The molecule has 134 valence electrons. The molecule has 3 aromatic rings. The second-order valence-electron chi connectivity index (χ2n) is 5.60. The predicted octanol–water partition coefficient (Wildman–Crippen LogP) is 3.54. The van der Waals surface area contributed by atoms with Gasteiger partial charge in [0.25, 0.3) is 5.91 Å². The molecule has 26 heavy (non-hydrogen) atoms. The van der Waals surface area contributed by atoms with Gasteiger partial charge in [0.15, 0.2) is 0 Å². The zero-order chi connectivity index (χ0) is 18.4. The van der Waals surface area contributed by atoms with Crippen LogP contribution in [0.25, 0.3) is 0 Å². The Balaban J connectivity index is 1.54. The lowest BCUT2D eigenvalue weighted by atomic mass is 10.1. The van der Waals surface area contributed by atoms with Gasteiger partial charge >= 0.3 is 0 Å². The predicted molar refractivity (Wildman–Crippen MR) is 97.9 cm³/mol. The van der Waals surface area contributed by atoms with Crippen LogP contribution in [0, 0.1) is 12.7 Å². The Morgan fingerprint density at radius 1 is 1.27 bits per heavy atom. The molecule has 2 heterocycles. The van der Waals surface area contributed by atoms with Gasteiger partial charge in [0.1, 0.15) is 28.1 Å². The molecule has 0 aliphatic carbocycles. The number of nitrogens with zero attached hydrogens (tertiary/aromatic N) is 2. The molecular formula is C19H18FN3O2S. The lowest BCUT2D eigenvalue weighted by molar-refractivity contribution is 0.0957. The molecular weight excluding hydrogens is 353 g/mol. The van der Waals surface area contributed by atoms with Gasteiger partial charge in [0, 0.05) is 12.7 Å². The quantitative estimate of drug-likeness (QED) is 0.690. The third kappa shape index (κ3) is 4.64. The van der Waals surface area contributed by atoms with Crippen molar-refractivity contribution in [3.63, 3.8) is 0 Å². The number of aryl methyl sites for hydroxylation is 1. The summed E-state index contributed by atoms with van der Waals surface area (Å²) in [7, 11) is 0. The van der Waals surface area contributed by atoms with Crippen molar-refractivity contribution in [2.45, 2.75) is 20.0 Å². The molecule has 1 amide bonds. The van der Waals surface area contributed by atoms with Crippen molar-refractivity contribution in [1.29, 1.82) is 0 Å². The summed E-state index contributed by atoms with van der Waals surface area (Å²) in [6.07, 6.45) is 3.73. The van der Waals surface area contributed by atoms with Crippen molar-refractivity contribution in [2.24, 2.45) is 0 Å². The Morgan fingerprint density at radius 3 is 2.88 bits per heavy atom. The van der Waals surface area contributed by atoms with Crippen molar-refractivity contribution in [3.05, 3.63) is 75.8 Å². The highest BCUT2D eigenvalue weighted by molar-refractivity contribution is 7.13. The SMILES string of the molecule is Cc1nc(COc2cccnc2)sc1C(=O)NCCc1ccccc1F. The number of halogens is 1. The number of hydrogen-bond donors (Lipinski definition) is 1. The summed E-state index contributed by atoms with van der Waals surface area (Å²) >= 11 is 1.29. The molecule has 0 spiro atoms. The van der Waals surface area contributed by atoms with E-state index in [1.807, 2.05) is 6.07 Å². The Labute approximate surface area is 154 Å². The second-order valence-corrected chi connectivity index (χ2v) is 6.68. The highest BCUT2D eigenvalue weighted by atomic mass is 32.1. The van der Waals surface area contributed by atoms with Crippen LogP contribution in [0.1, 0.15) is 25.9 Å². The van der Waals surface area contributed by atoms with E-state index in [0.717, 1.165) is 0 Å². The van der Waals surface area contributed by atoms with E-state index in [4.69, 9.17) is 4.74 Å². The topological polar surface area (TPSA) is 64.1 Å². The number of nitrogens with one attached hydrogen (secondary N) is 1. The molecule has 0 aliphatic rings. The first kappa shape index (κ1) is 18.0. The smallest absolute Gasteiger partial charge is 0.263 e. The van der Waals surface area contributed by atoms with Gasteiger partial charge in [0.2, 0.25) is 0 Å². The van der Waals surface area contributed by atoms with Crippen molar-refractivity contribution >= 4 is 17.2 Å². The molecule has 0 unspecified atom stereocenters. The number of amides is 1. The number of thiazole rings is 1. The number of carbonyl (C=O) groups is 1. The Bertz CT molecular complexity index is 884. The fourth-order valence-electron chi connectivity index (χ4n) is 2.39. The van der Waals surface area contributed by atoms with Crippen LogP contribution in [0.3, 0.4) is 0 Å². The zero-order valence-electron chi connectivity index (χ0n) is 14.2. The summed E-state index contributed by atoms with van der Waals surface area (Å²) < 4.78 is 19.2. The molecule has 5 nitrogen and oxygen atoms in total. The first-order chi connectivity index (χ1) is 12.6. The summed E-state index contributed by atoms with van der Waals surface area (Å²) in [5, 5.41) is 3.53. The molecule has 0 aliphatic heterocycles. The first-order valence-corrected chi connectivity index (χ1v) is 8.96. The number of aromatic nitrogens is 2. The number of rotatable bonds is 7. The summed E-state index contributed by atoms with van der Waals surface area (Å²) in [5.41, 5.74) is 1.24. The van der Waals surface area contributed by atoms with Crippen LogP contribution in [0.4, 0.5) is 4.39 Å². The normalized spacial score (nSPS) is 10.5. The Kier molecular flexibility index (Phi) is 5.91. The molecule has 0 fully saturated rings. The minimum atomic E-state index is -0.259. The average molecular weight is 371 g/mol. The van der Waals surface area contributed by atoms with E-state index in [0.29, 0.717) is 39.9 Å². The highest BCUT2D eigenvalue weighted by Gasteiger charge is 2.15. The van der Waals surface area contributed by atoms with E-state index in [2.05, 4.69) is 15.3 Å². The van der Waals surface area contributed by atoms with Crippen LogP contribution in [-0.2, 0) is 13.0 Å². The van der Waals surface area contributed by atoms with Gasteiger partial charge in [-0.2, -0.15) is 0 Å². The molecule has 0 radical (unpaired) electrons. The van der Waals surface area contributed by atoms with Gasteiger partial charge in [-0.1, -0.05) is 18.2 Å². The van der Waals surface area contributed by atoms with Crippen molar-refractivity contribution < 1.29 is 13.9 Å². The van der Waals surface area contributed by atoms with Crippen LogP contribution in [-0.4, -0.2) is 22.4 Å². The van der Waals surface area contributed by atoms with Gasteiger partial charge in [0.05, 0.1) is 11.9 Å².